The molecule has 0 saturated carbocycles. The Hall–Kier alpha value is -0.970. The zero-order chi connectivity index (χ0) is 10.6. The molecule has 0 spiro atoms. The molecule has 0 N–H and O–H groups in total. The Kier molecular flexibility index (Phi) is 4.00. The van der Waals surface area contributed by atoms with Gasteiger partial charge in [0.25, 0.3) is 5.91 Å². The zero-order valence-electron chi connectivity index (χ0n) is 8.14. The lowest BCUT2D eigenvalue weighted by atomic mass is 10.2. The number of carbonyl (C=O) groups excluding carboxylic acids is 1. The van der Waals surface area contributed by atoms with E-state index in [0.29, 0.717) is 12.1 Å². The molecule has 1 aromatic heterocycles. The van der Waals surface area contributed by atoms with Gasteiger partial charge in [0.2, 0.25) is 0 Å². The van der Waals surface area contributed by atoms with Crippen molar-refractivity contribution >= 4 is 21.8 Å². The van der Waals surface area contributed by atoms with Crippen LogP contribution in [0.5, 0.6) is 0 Å². The zero-order valence-corrected chi connectivity index (χ0v) is 9.73. The molecule has 0 aromatic carbocycles. The highest BCUT2D eigenvalue weighted by atomic mass is 79.9. The topological polar surface area (TPSA) is 46.1 Å². The van der Waals surface area contributed by atoms with Gasteiger partial charge in [-0.1, -0.05) is 22.9 Å². The second kappa shape index (κ2) is 5.05. The van der Waals surface area contributed by atoms with Gasteiger partial charge in [0, 0.05) is 18.4 Å². The Morgan fingerprint density at radius 2 is 2.36 bits per heavy atom. The fourth-order valence-electron chi connectivity index (χ4n) is 1.10. The average Bonchev–Trinajstić information content (AvgIpc) is 2.17. The molecule has 0 aliphatic rings. The smallest absolute Gasteiger partial charge is 0.255 e. The highest BCUT2D eigenvalue weighted by molar-refractivity contribution is 9.09. The largest absolute Gasteiger partial charge is 0.341 e. The molecular formula is C9H12BrN3O. The molecule has 1 heterocycles. The molecule has 0 radical (unpaired) electrons. The van der Waals surface area contributed by atoms with Gasteiger partial charge in [-0.25, -0.2) is 0 Å². The van der Waals surface area contributed by atoms with Gasteiger partial charge >= 0.3 is 0 Å². The van der Waals surface area contributed by atoms with Crippen molar-refractivity contribution < 1.29 is 4.79 Å². The molecule has 0 bridgehead atoms. The van der Waals surface area contributed by atoms with E-state index in [2.05, 4.69) is 26.1 Å². The van der Waals surface area contributed by atoms with Crippen molar-refractivity contribution in [2.75, 3.05) is 13.6 Å². The molecule has 4 nitrogen and oxygen atoms in total. The first-order valence-electron chi connectivity index (χ1n) is 4.27. The number of hydrogen-bond donors (Lipinski definition) is 0. The van der Waals surface area contributed by atoms with E-state index < -0.39 is 0 Å². The quantitative estimate of drug-likeness (QED) is 0.768. The summed E-state index contributed by atoms with van der Waals surface area (Å²) in [5.74, 6) is -0.0359. The predicted molar refractivity (Wildman–Crippen MR) is 57.4 cm³/mol. The van der Waals surface area contributed by atoms with Crippen molar-refractivity contribution in [2.45, 2.75) is 11.8 Å². The summed E-state index contributed by atoms with van der Waals surface area (Å²) in [6, 6.07) is 1.66. The average molecular weight is 258 g/mol. The Labute approximate surface area is 91.5 Å². The van der Waals surface area contributed by atoms with Gasteiger partial charge in [0.1, 0.15) is 0 Å². The van der Waals surface area contributed by atoms with Crippen LogP contribution in [0, 0.1) is 0 Å². The van der Waals surface area contributed by atoms with Crippen LogP contribution in [0.1, 0.15) is 17.3 Å². The number of aromatic nitrogens is 2. The standard InChI is InChI=1S/C9H12BrN3O/c1-7(10)6-13(2)9(14)8-3-4-11-12-5-8/h3-5,7H,6H2,1-2H3. The Morgan fingerprint density at radius 1 is 1.64 bits per heavy atom. The van der Waals surface area contributed by atoms with Gasteiger partial charge in [-0.3, -0.25) is 4.79 Å². The van der Waals surface area contributed by atoms with Crippen molar-refractivity contribution in [3.8, 4) is 0 Å². The van der Waals surface area contributed by atoms with Crippen LogP contribution in [0.4, 0.5) is 0 Å². The number of rotatable bonds is 3. The van der Waals surface area contributed by atoms with Crippen LogP contribution in [-0.4, -0.2) is 39.4 Å². The second-order valence-corrected chi connectivity index (χ2v) is 4.66. The minimum atomic E-state index is -0.0359. The number of halogens is 1. The number of hydrogen-bond acceptors (Lipinski definition) is 3. The Bertz CT molecular complexity index is 302. The van der Waals surface area contributed by atoms with Crippen LogP contribution in [-0.2, 0) is 0 Å². The van der Waals surface area contributed by atoms with E-state index >= 15 is 0 Å². The van der Waals surface area contributed by atoms with Crippen LogP contribution >= 0.6 is 15.9 Å². The maximum absolute atomic E-state index is 11.7. The monoisotopic (exact) mass is 257 g/mol. The molecule has 1 rings (SSSR count). The van der Waals surface area contributed by atoms with Crippen molar-refractivity contribution in [2.24, 2.45) is 0 Å². The molecule has 0 fully saturated rings. The van der Waals surface area contributed by atoms with Crippen LogP contribution < -0.4 is 0 Å². The lowest BCUT2D eigenvalue weighted by Crippen LogP contribution is -2.31. The van der Waals surface area contributed by atoms with E-state index in [1.54, 1.807) is 18.0 Å². The van der Waals surface area contributed by atoms with Gasteiger partial charge in [0.05, 0.1) is 18.0 Å². The maximum atomic E-state index is 11.7. The van der Waals surface area contributed by atoms with E-state index in [9.17, 15) is 4.79 Å². The first kappa shape index (κ1) is 11.1. The summed E-state index contributed by atoms with van der Waals surface area (Å²) in [5, 5.41) is 7.28. The molecule has 0 aliphatic heterocycles. The molecule has 14 heavy (non-hydrogen) atoms. The van der Waals surface area contributed by atoms with Crippen LogP contribution in [0.25, 0.3) is 0 Å². The fourth-order valence-corrected chi connectivity index (χ4v) is 1.53. The van der Waals surface area contributed by atoms with Crippen molar-refractivity contribution in [3.05, 3.63) is 24.0 Å². The van der Waals surface area contributed by atoms with Crippen molar-refractivity contribution in [1.29, 1.82) is 0 Å². The molecule has 0 aliphatic carbocycles. The van der Waals surface area contributed by atoms with Crippen LogP contribution in [0.2, 0.25) is 0 Å². The van der Waals surface area contributed by atoms with E-state index in [-0.39, 0.29) is 10.7 Å². The third-order valence-electron chi connectivity index (χ3n) is 1.70. The summed E-state index contributed by atoms with van der Waals surface area (Å²) >= 11 is 3.39. The van der Waals surface area contributed by atoms with E-state index in [4.69, 9.17) is 0 Å². The lowest BCUT2D eigenvalue weighted by Gasteiger charge is -2.18. The number of carbonyl (C=O) groups is 1. The lowest BCUT2D eigenvalue weighted by molar-refractivity contribution is 0.0796. The molecule has 1 aromatic rings. The van der Waals surface area contributed by atoms with Crippen LogP contribution in [0.3, 0.4) is 0 Å². The second-order valence-electron chi connectivity index (χ2n) is 3.10. The van der Waals surface area contributed by atoms with E-state index in [1.165, 1.54) is 12.4 Å². The van der Waals surface area contributed by atoms with Crippen LogP contribution in [0.15, 0.2) is 18.5 Å². The Morgan fingerprint density at radius 3 is 2.86 bits per heavy atom. The highest BCUT2D eigenvalue weighted by Gasteiger charge is 2.12. The Balaban J connectivity index is 2.66. The summed E-state index contributed by atoms with van der Waals surface area (Å²) in [6.45, 7) is 2.66. The molecule has 1 amide bonds. The summed E-state index contributed by atoms with van der Waals surface area (Å²) in [4.78, 5) is 13.7. The molecule has 76 valence electrons. The fraction of sp³-hybridized carbons (Fsp3) is 0.444. The number of alkyl halides is 1. The third-order valence-corrected chi connectivity index (χ3v) is 1.99. The van der Waals surface area contributed by atoms with Gasteiger partial charge in [-0.2, -0.15) is 10.2 Å². The SMILES string of the molecule is CC(Br)CN(C)C(=O)c1ccnnc1. The van der Waals surface area contributed by atoms with Gasteiger partial charge < -0.3 is 4.90 Å². The minimum Gasteiger partial charge on any atom is -0.341 e. The first-order valence-corrected chi connectivity index (χ1v) is 5.19. The van der Waals surface area contributed by atoms with Crippen molar-refractivity contribution in [1.82, 2.24) is 15.1 Å². The molecule has 0 saturated heterocycles. The molecule has 1 unspecified atom stereocenters. The normalized spacial score (nSPS) is 12.2. The van der Waals surface area contributed by atoms with Crippen molar-refractivity contribution in [3.63, 3.8) is 0 Å². The van der Waals surface area contributed by atoms with Gasteiger partial charge in [-0.05, 0) is 6.07 Å². The number of nitrogens with zero attached hydrogens (tertiary/aromatic N) is 3. The summed E-state index contributed by atoms with van der Waals surface area (Å²) in [7, 11) is 1.76. The van der Waals surface area contributed by atoms with Gasteiger partial charge in [0.15, 0.2) is 0 Å². The predicted octanol–water partition coefficient (Wildman–Crippen LogP) is 1.33. The first-order chi connectivity index (χ1) is 6.61. The molecule has 5 heteroatoms. The number of amides is 1. The third kappa shape index (κ3) is 3.06. The van der Waals surface area contributed by atoms with E-state index in [0.717, 1.165) is 0 Å². The highest BCUT2D eigenvalue weighted by Crippen LogP contribution is 2.04. The van der Waals surface area contributed by atoms with E-state index in [1.807, 2.05) is 6.92 Å². The summed E-state index contributed by atoms with van der Waals surface area (Å²) in [5.41, 5.74) is 0.565. The molecular weight excluding hydrogens is 246 g/mol. The summed E-state index contributed by atoms with van der Waals surface area (Å²) < 4.78 is 0. The maximum Gasteiger partial charge on any atom is 0.255 e. The van der Waals surface area contributed by atoms with Gasteiger partial charge in [-0.15, -0.1) is 0 Å². The molecule has 1 atom stereocenters. The summed E-state index contributed by atoms with van der Waals surface area (Å²) in [6.07, 6.45) is 2.98. The minimum absolute atomic E-state index is 0.0359.